The van der Waals surface area contributed by atoms with Gasteiger partial charge < -0.3 is 14.5 Å². The number of nitrogens with one attached hydrogen (secondary N) is 1. The molecule has 0 aromatic heterocycles. The van der Waals surface area contributed by atoms with Crippen LogP contribution < -0.4 is 14.4 Å². The third-order valence-corrected chi connectivity index (χ3v) is 8.02. The van der Waals surface area contributed by atoms with Crippen molar-refractivity contribution in [2.24, 2.45) is 0 Å². The molecule has 190 valence electrons. The summed E-state index contributed by atoms with van der Waals surface area (Å²) in [6.45, 7) is 4.02. The monoisotopic (exact) mass is 527 g/mol. The van der Waals surface area contributed by atoms with Gasteiger partial charge in [-0.05, 0) is 60.9 Å². The Labute approximate surface area is 217 Å². The number of hydrogen-bond donors (Lipinski definition) is 1. The Balaban J connectivity index is 1.52. The topological polar surface area (TPSA) is 78.9 Å². The first kappa shape index (κ1) is 26.0. The summed E-state index contributed by atoms with van der Waals surface area (Å²) in [7, 11) is -2.41. The van der Waals surface area contributed by atoms with Crippen LogP contribution in [0.3, 0.4) is 0 Å². The summed E-state index contributed by atoms with van der Waals surface area (Å²) in [5.74, 6) is 0.363. The number of ether oxygens (including phenoxy) is 1. The highest BCUT2D eigenvalue weighted by Crippen LogP contribution is 2.23. The van der Waals surface area contributed by atoms with Crippen LogP contribution in [0.1, 0.15) is 11.1 Å². The molecule has 1 saturated heterocycles. The smallest absolute Gasteiger partial charge is 0.241 e. The fourth-order valence-electron chi connectivity index (χ4n) is 4.38. The molecule has 0 saturated carbocycles. The van der Waals surface area contributed by atoms with Gasteiger partial charge in [0.25, 0.3) is 0 Å². The number of sulfonamides is 1. The lowest BCUT2D eigenvalue weighted by molar-refractivity contribution is -0.133. The van der Waals surface area contributed by atoms with Crippen LogP contribution in [-0.2, 0) is 21.2 Å². The van der Waals surface area contributed by atoms with Gasteiger partial charge in [-0.3, -0.25) is 4.79 Å². The number of aryl methyl sites for hydroxylation is 1. The van der Waals surface area contributed by atoms with Crippen LogP contribution in [0.25, 0.3) is 0 Å². The van der Waals surface area contributed by atoms with E-state index >= 15 is 0 Å². The van der Waals surface area contributed by atoms with Gasteiger partial charge in [0.05, 0.1) is 12.0 Å². The van der Waals surface area contributed by atoms with Crippen molar-refractivity contribution in [3.05, 3.63) is 88.9 Å². The molecule has 36 heavy (non-hydrogen) atoms. The third-order valence-electron chi connectivity index (χ3n) is 6.32. The number of piperazine rings is 1. The molecule has 1 heterocycles. The van der Waals surface area contributed by atoms with Crippen LogP contribution in [0, 0.1) is 6.92 Å². The normalized spacial score (nSPS) is 15.0. The van der Waals surface area contributed by atoms with Crippen molar-refractivity contribution >= 4 is 33.2 Å². The molecule has 3 aromatic carbocycles. The van der Waals surface area contributed by atoms with E-state index in [2.05, 4.69) is 9.62 Å². The van der Waals surface area contributed by atoms with Gasteiger partial charge in [0.15, 0.2) is 0 Å². The number of anilines is 1. The Kier molecular flexibility index (Phi) is 8.18. The first-order chi connectivity index (χ1) is 17.3. The van der Waals surface area contributed by atoms with Gasteiger partial charge in [0.1, 0.15) is 11.8 Å². The predicted octanol–water partition coefficient (Wildman–Crippen LogP) is 3.90. The molecule has 1 unspecified atom stereocenters. The molecule has 1 atom stereocenters. The van der Waals surface area contributed by atoms with E-state index in [4.69, 9.17) is 16.3 Å². The fraction of sp³-hybridized carbons (Fsp3) is 0.296. The summed E-state index contributed by atoms with van der Waals surface area (Å²) in [6.07, 6.45) is 0.253. The maximum absolute atomic E-state index is 13.6. The number of hydrogen-bond acceptors (Lipinski definition) is 5. The molecule has 4 rings (SSSR count). The average Bonchev–Trinajstić information content (AvgIpc) is 2.88. The van der Waals surface area contributed by atoms with Crippen LogP contribution in [0.4, 0.5) is 5.69 Å². The molecule has 7 nitrogen and oxygen atoms in total. The molecular formula is C27H30ClN3O4S. The van der Waals surface area contributed by atoms with Crippen molar-refractivity contribution in [3.8, 4) is 5.75 Å². The molecular weight excluding hydrogens is 498 g/mol. The molecule has 0 aliphatic carbocycles. The van der Waals surface area contributed by atoms with E-state index in [0.717, 1.165) is 11.3 Å². The minimum atomic E-state index is -3.95. The summed E-state index contributed by atoms with van der Waals surface area (Å²) in [5.41, 5.74) is 2.58. The van der Waals surface area contributed by atoms with Gasteiger partial charge >= 0.3 is 0 Å². The largest absolute Gasteiger partial charge is 0.496 e. The van der Waals surface area contributed by atoms with Gasteiger partial charge in [-0.1, -0.05) is 48.0 Å². The van der Waals surface area contributed by atoms with Gasteiger partial charge in [-0.25, -0.2) is 8.42 Å². The average molecular weight is 528 g/mol. The molecule has 0 radical (unpaired) electrons. The first-order valence-electron chi connectivity index (χ1n) is 11.8. The number of halogens is 1. The number of nitrogens with zero attached hydrogens (tertiary/aromatic N) is 2. The highest BCUT2D eigenvalue weighted by atomic mass is 35.5. The number of benzene rings is 3. The summed E-state index contributed by atoms with van der Waals surface area (Å²) in [4.78, 5) is 17.6. The highest BCUT2D eigenvalue weighted by Gasteiger charge is 2.31. The molecule has 1 amide bonds. The van der Waals surface area contributed by atoms with Crippen LogP contribution in [0.15, 0.2) is 77.7 Å². The van der Waals surface area contributed by atoms with Crippen molar-refractivity contribution in [1.29, 1.82) is 0 Å². The van der Waals surface area contributed by atoms with E-state index in [1.165, 1.54) is 13.2 Å². The number of amides is 1. The highest BCUT2D eigenvalue weighted by molar-refractivity contribution is 7.89. The van der Waals surface area contributed by atoms with Gasteiger partial charge in [-0.15, -0.1) is 0 Å². The molecule has 1 aliphatic heterocycles. The van der Waals surface area contributed by atoms with E-state index in [9.17, 15) is 13.2 Å². The number of rotatable bonds is 8. The van der Waals surface area contributed by atoms with E-state index in [-0.39, 0.29) is 17.2 Å². The van der Waals surface area contributed by atoms with E-state index in [0.29, 0.717) is 42.5 Å². The van der Waals surface area contributed by atoms with E-state index in [1.54, 1.807) is 24.0 Å². The van der Waals surface area contributed by atoms with Crippen LogP contribution in [-0.4, -0.2) is 58.6 Å². The molecule has 1 N–H and O–H groups in total. The zero-order valence-electron chi connectivity index (χ0n) is 20.4. The lowest BCUT2D eigenvalue weighted by Gasteiger charge is -2.37. The standard InChI is InChI=1S/C27H30ClN3O4S/c1-20-17-24(11-12-26(20)35-2)36(33,34)29-25(18-21-7-4-3-5-8-21)27(32)31-15-13-30(14-16-31)23-10-6-9-22(28)19-23/h3-12,17,19,25,29H,13-16,18H2,1-2H3. The first-order valence-corrected chi connectivity index (χ1v) is 13.6. The minimum Gasteiger partial charge on any atom is -0.496 e. The van der Waals surface area contributed by atoms with Crippen molar-refractivity contribution in [2.75, 3.05) is 38.2 Å². The van der Waals surface area contributed by atoms with Gasteiger partial charge in [0, 0.05) is 36.9 Å². The van der Waals surface area contributed by atoms with Gasteiger partial charge in [0.2, 0.25) is 15.9 Å². The summed E-state index contributed by atoms with van der Waals surface area (Å²) in [6, 6.07) is 20.8. The van der Waals surface area contributed by atoms with Crippen molar-refractivity contribution in [2.45, 2.75) is 24.3 Å². The van der Waals surface area contributed by atoms with Crippen molar-refractivity contribution in [1.82, 2.24) is 9.62 Å². The zero-order chi connectivity index (χ0) is 25.7. The minimum absolute atomic E-state index is 0.0948. The van der Waals surface area contributed by atoms with Gasteiger partial charge in [-0.2, -0.15) is 4.72 Å². The molecule has 1 fully saturated rings. The molecule has 0 spiro atoms. The Morgan fingerprint density at radius 1 is 1.00 bits per heavy atom. The van der Waals surface area contributed by atoms with Crippen LogP contribution in [0.5, 0.6) is 5.75 Å². The van der Waals surface area contributed by atoms with Crippen molar-refractivity contribution < 1.29 is 17.9 Å². The van der Waals surface area contributed by atoms with E-state index < -0.39 is 16.1 Å². The van der Waals surface area contributed by atoms with Crippen molar-refractivity contribution in [3.63, 3.8) is 0 Å². The second-order valence-electron chi connectivity index (χ2n) is 8.79. The lowest BCUT2D eigenvalue weighted by Crippen LogP contribution is -2.55. The second kappa shape index (κ2) is 11.3. The summed E-state index contributed by atoms with van der Waals surface area (Å²) >= 11 is 6.14. The quantitative estimate of drug-likeness (QED) is 0.481. The molecule has 0 bridgehead atoms. The Bertz CT molecular complexity index is 1310. The zero-order valence-corrected chi connectivity index (χ0v) is 21.9. The lowest BCUT2D eigenvalue weighted by atomic mass is 10.1. The molecule has 9 heteroatoms. The third kappa shape index (κ3) is 6.19. The number of methoxy groups -OCH3 is 1. The maximum atomic E-state index is 13.6. The summed E-state index contributed by atoms with van der Waals surface area (Å²) < 4.78 is 34.5. The fourth-order valence-corrected chi connectivity index (χ4v) is 5.84. The maximum Gasteiger partial charge on any atom is 0.241 e. The molecule has 3 aromatic rings. The second-order valence-corrected chi connectivity index (χ2v) is 10.9. The number of carbonyl (C=O) groups excluding carboxylic acids is 1. The number of carbonyl (C=O) groups is 1. The van der Waals surface area contributed by atoms with Crippen LogP contribution in [0.2, 0.25) is 5.02 Å². The Hall–Kier alpha value is -3.07. The predicted molar refractivity (Wildman–Crippen MR) is 142 cm³/mol. The van der Waals surface area contributed by atoms with Crippen LogP contribution >= 0.6 is 11.6 Å². The van der Waals surface area contributed by atoms with E-state index in [1.807, 2.05) is 54.6 Å². The summed E-state index contributed by atoms with van der Waals surface area (Å²) in [5, 5.41) is 0.664. The SMILES string of the molecule is COc1ccc(S(=O)(=O)NC(Cc2ccccc2)C(=O)N2CCN(c3cccc(Cl)c3)CC2)cc1C. The Morgan fingerprint density at radius 3 is 2.36 bits per heavy atom. The Morgan fingerprint density at radius 2 is 1.72 bits per heavy atom. The molecule has 1 aliphatic rings.